The molecule has 122 valence electrons. The summed E-state index contributed by atoms with van der Waals surface area (Å²) in [7, 11) is 0. The summed E-state index contributed by atoms with van der Waals surface area (Å²) < 4.78 is 1.89. The van der Waals surface area contributed by atoms with Gasteiger partial charge in [0.25, 0.3) is 0 Å². The van der Waals surface area contributed by atoms with E-state index < -0.39 is 0 Å². The van der Waals surface area contributed by atoms with Crippen molar-refractivity contribution in [3.8, 4) is 11.3 Å². The van der Waals surface area contributed by atoms with Crippen LogP contribution in [0.1, 0.15) is 56.6 Å². The molecule has 0 radical (unpaired) electrons. The van der Waals surface area contributed by atoms with E-state index in [9.17, 15) is 0 Å². The van der Waals surface area contributed by atoms with E-state index >= 15 is 0 Å². The van der Waals surface area contributed by atoms with Crippen LogP contribution in [0.25, 0.3) is 11.3 Å². The van der Waals surface area contributed by atoms with Gasteiger partial charge >= 0.3 is 0 Å². The zero-order valence-corrected chi connectivity index (χ0v) is 14.1. The lowest BCUT2D eigenvalue weighted by Gasteiger charge is -2.20. The third-order valence-electron chi connectivity index (χ3n) is 4.77. The summed E-state index contributed by atoms with van der Waals surface area (Å²) in [4.78, 5) is 0. The summed E-state index contributed by atoms with van der Waals surface area (Å²) >= 11 is 0. The quantitative estimate of drug-likeness (QED) is 0.752. The summed E-state index contributed by atoms with van der Waals surface area (Å²) in [6, 6.07) is 10.6. The Morgan fingerprint density at radius 2 is 1.74 bits per heavy atom. The Morgan fingerprint density at radius 1 is 1.00 bits per heavy atom. The average Bonchev–Trinajstić information content (AvgIpc) is 2.58. The predicted molar refractivity (Wildman–Crippen MR) is 94.3 cm³/mol. The number of hydrogen-bond donors (Lipinski definition) is 1. The van der Waals surface area contributed by atoms with Crippen molar-refractivity contribution in [2.45, 2.75) is 64.8 Å². The highest BCUT2D eigenvalue weighted by molar-refractivity contribution is 5.68. The lowest BCUT2D eigenvalue weighted by Crippen LogP contribution is -2.25. The maximum Gasteiger partial charge on any atom is 0.141 e. The van der Waals surface area contributed by atoms with E-state index in [-0.39, 0.29) is 0 Å². The molecule has 0 aliphatic heterocycles. The topological polar surface area (TPSA) is 41.7 Å². The third-order valence-corrected chi connectivity index (χ3v) is 4.77. The SMILES string of the molecule is CCCCCCCCn1nc2c(cc1=N)CCc1ccccc1-2. The molecule has 1 N–H and O–H groups in total. The first-order chi connectivity index (χ1) is 11.3. The Balaban J connectivity index is 1.73. The van der Waals surface area contributed by atoms with Crippen LogP contribution >= 0.6 is 0 Å². The van der Waals surface area contributed by atoms with Gasteiger partial charge in [-0.3, -0.25) is 5.41 Å². The summed E-state index contributed by atoms with van der Waals surface area (Å²) in [5, 5.41) is 13.1. The number of aryl methyl sites for hydroxylation is 3. The van der Waals surface area contributed by atoms with Gasteiger partial charge in [0.1, 0.15) is 5.49 Å². The molecule has 0 saturated carbocycles. The van der Waals surface area contributed by atoms with Crippen molar-refractivity contribution in [1.82, 2.24) is 9.78 Å². The molecule has 2 aromatic rings. The van der Waals surface area contributed by atoms with Crippen molar-refractivity contribution in [2.24, 2.45) is 0 Å². The van der Waals surface area contributed by atoms with Gasteiger partial charge in [-0.1, -0.05) is 63.3 Å². The minimum absolute atomic E-state index is 0.552. The van der Waals surface area contributed by atoms with E-state index in [0.29, 0.717) is 5.49 Å². The molecule has 3 rings (SSSR count). The van der Waals surface area contributed by atoms with Gasteiger partial charge in [-0.25, -0.2) is 4.68 Å². The van der Waals surface area contributed by atoms with E-state index in [2.05, 4.69) is 31.2 Å². The molecule has 1 aromatic carbocycles. The molecule has 1 aliphatic carbocycles. The number of benzene rings is 1. The number of rotatable bonds is 7. The second kappa shape index (κ2) is 7.58. The fourth-order valence-corrected chi connectivity index (χ4v) is 3.42. The van der Waals surface area contributed by atoms with Crippen LogP contribution in [0, 0.1) is 5.41 Å². The van der Waals surface area contributed by atoms with Crippen LogP contribution in [0.3, 0.4) is 0 Å². The van der Waals surface area contributed by atoms with Crippen LogP contribution < -0.4 is 5.49 Å². The van der Waals surface area contributed by atoms with E-state index in [1.807, 2.05) is 10.7 Å². The summed E-state index contributed by atoms with van der Waals surface area (Å²) in [6.07, 6.45) is 9.68. The maximum atomic E-state index is 8.24. The van der Waals surface area contributed by atoms with Crippen molar-refractivity contribution in [1.29, 1.82) is 5.41 Å². The number of nitrogens with zero attached hydrogens (tertiary/aromatic N) is 2. The Bertz CT molecular complexity index is 715. The number of hydrogen-bond acceptors (Lipinski definition) is 2. The molecular formula is C20H27N3. The Kier molecular flexibility index (Phi) is 5.27. The van der Waals surface area contributed by atoms with Gasteiger partial charge < -0.3 is 0 Å². The first kappa shape index (κ1) is 16.0. The number of unbranched alkanes of at least 4 members (excludes halogenated alkanes) is 5. The van der Waals surface area contributed by atoms with Crippen molar-refractivity contribution in [2.75, 3.05) is 0 Å². The van der Waals surface area contributed by atoms with E-state index in [0.717, 1.165) is 31.5 Å². The first-order valence-electron chi connectivity index (χ1n) is 9.03. The van der Waals surface area contributed by atoms with Crippen molar-refractivity contribution in [3.05, 3.63) is 46.9 Å². The van der Waals surface area contributed by atoms with Crippen LogP contribution in [0.2, 0.25) is 0 Å². The molecule has 0 spiro atoms. The zero-order chi connectivity index (χ0) is 16.1. The Morgan fingerprint density at radius 3 is 2.61 bits per heavy atom. The highest BCUT2D eigenvalue weighted by Crippen LogP contribution is 2.30. The van der Waals surface area contributed by atoms with Crippen LogP contribution in [-0.2, 0) is 19.4 Å². The molecule has 1 heterocycles. The van der Waals surface area contributed by atoms with Gasteiger partial charge in [0, 0.05) is 12.1 Å². The second-order valence-electron chi connectivity index (χ2n) is 6.55. The number of nitrogens with one attached hydrogen (secondary N) is 1. The molecule has 0 saturated heterocycles. The van der Waals surface area contributed by atoms with Gasteiger partial charge in [-0.15, -0.1) is 0 Å². The maximum absolute atomic E-state index is 8.24. The molecule has 3 heteroatoms. The summed E-state index contributed by atoms with van der Waals surface area (Å²) in [5.74, 6) is 0. The van der Waals surface area contributed by atoms with Crippen LogP contribution in [0.5, 0.6) is 0 Å². The number of fused-ring (bicyclic) bond motifs is 3. The third kappa shape index (κ3) is 3.72. The van der Waals surface area contributed by atoms with Gasteiger partial charge in [0.2, 0.25) is 0 Å². The first-order valence-corrected chi connectivity index (χ1v) is 9.03. The molecule has 3 nitrogen and oxygen atoms in total. The largest absolute Gasteiger partial charge is 0.283 e. The minimum Gasteiger partial charge on any atom is -0.283 e. The van der Waals surface area contributed by atoms with E-state index in [1.54, 1.807) is 0 Å². The zero-order valence-electron chi connectivity index (χ0n) is 14.1. The Hall–Kier alpha value is -1.90. The predicted octanol–water partition coefficient (Wildman–Crippen LogP) is 4.49. The van der Waals surface area contributed by atoms with E-state index in [1.165, 1.54) is 48.8 Å². The molecule has 0 atom stereocenters. The monoisotopic (exact) mass is 309 g/mol. The highest BCUT2D eigenvalue weighted by Gasteiger charge is 2.17. The second-order valence-corrected chi connectivity index (χ2v) is 6.55. The molecule has 0 amide bonds. The van der Waals surface area contributed by atoms with E-state index in [4.69, 9.17) is 10.5 Å². The normalized spacial score (nSPS) is 12.7. The molecule has 1 aliphatic rings. The molecule has 0 bridgehead atoms. The lowest BCUT2D eigenvalue weighted by molar-refractivity contribution is 0.501. The standard InChI is InChI=1S/C20H27N3/c1-2-3-4-5-6-9-14-23-19(21)15-17-13-12-16-10-7-8-11-18(16)20(17)22-23/h7-8,10-11,15,21H,2-6,9,12-14H2,1H3. The van der Waals surface area contributed by atoms with Gasteiger partial charge in [-0.2, -0.15) is 5.10 Å². The van der Waals surface area contributed by atoms with Crippen LogP contribution in [0.15, 0.2) is 30.3 Å². The fourth-order valence-electron chi connectivity index (χ4n) is 3.42. The molecule has 1 aromatic heterocycles. The Labute approximate surface area is 138 Å². The lowest BCUT2D eigenvalue weighted by atomic mass is 9.89. The molecule has 0 fully saturated rings. The van der Waals surface area contributed by atoms with Crippen LogP contribution in [0.4, 0.5) is 0 Å². The summed E-state index contributed by atoms with van der Waals surface area (Å²) in [5.41, 5.74) is 5.51. The number of aromatic nitrogens is 2. The molecule has 0 unspecified atom stereocenters. The van der Waals surface area contributed by atoms with Crippen molar-refractivity contribution < 1.29 is 0 Å². The molecular weight excluding hydrogens is 282 g/mol. The average molecular weight is 309 g/mol. The van der Waals surface area contributed by atoms with Gasteiger partial charge in [0.05, 0.1) is 5.69 Å². The fraction of sp³-hybridized carbons (Fsp3) is 0.500. The molecule has 23 heavy (non-hydrogen) atoms. The van der Waals surface area contributed by atoms with Crippen LogP contribution in [-0.4, -0.2) is 9.78 Å². The van der Waals surface area contributed by atoms with Gasteiger partial charge in [0.15, 0.2) is 0 Å². The highest BCUT2D eigenvalue weighted by atomic mass is 15.3. The van der Waals surface area contributed by atoms with Gasteiger partial charge in [-0.05, 0) is 36.5 Å². The minimum atomic E-state index is 0.552. The van der Waals surface area contributed by atoms with Crippen molar-refractivity contribution in [3.63, 3.8) is 0 Å². The van der Waals surface area contributed by atoms with Crippen molar-refractivity contribution >= 4 is 0 Å². The smallest absolute Gasteiger partial charge is 0.141 e. The summed E-state index contributed by atoms with van der Waals surface area (Å²) in [6.45, 7) is 3.11.